The third-order valence-corrected chi connectivity index (χ3v) is 4.52. The molecular weight excluding hydrogens is 256 g/mol. The molecule has 0 heterocycles. The van der Waals surface area contributed by atoms with Gasteiger partial charge >= 0.3 is 0 Å². The minimum absolute atomic E-state index is 0.304. The van der Waals surface area contributed by atoms with E-state index in [1.807, 2.05) is 51.3 Å². The molecule has 0 saturated heterocycles. The molecule has 2 rings (SSSR count). The second-order valence-electron chi connectivity index (χ2n) is 5.86. The van der Waals surface area contributed by atoms with Crippen LogP contribution in [0.25, 0.3) is 0 Å². The fraction of sp³-hybridized carbons (Fsp3) is 0.467. The summed E-state index contributed by atoms with van der Waals surface area (Å²) in [5.41, 5.74) is 1.87. The van der Waals surface area contributed by atoms with E-state index in [2.05, 4.69) is 10.5 Å². The Morgan fingerprint density at radius 1 is 1.47 bits per heavy atom. The maximum absolute atomic E-state index is 11.8. The summed E-state index contributed by atoms with van der Waals surface area (Å²) >= 11 is -1.18. The second-order valence-corrected chi connectivity index (χ2v) is 7.79. The predicted molar refractivity (Wildman–Crippen MR) is 78.4 cm³/mol. The minimum Gasteiger partial charge on any atom is -0.591 e. The van der Waals surface area contributed by atoms with Crippen LogP contribution in [0.5, 0.6) is 0 Å². The molecule has 1 aliphatic rings. The highest BCUT2D eigenvalue weighted by atomic mass is 32.2. The summed E-state index contributed by atoms with van der Waals surface area (Å²) in [7, 11) is 0. The molecule has 4 heteroatoms. The molecule has 1 saturated carbocycles. The summed E-state index contributed by atoms with van der Waals surface area (Å²) in [6, 6.07) is 9.84. The Balaban J connectivity index is 1.98. The molecule has 1 aromatic rings. The summed E-state index contributed by atoms with van der Waals surface area (Å²) in [5.74, 6) is 0.786. The molecule has 100 valence electrons. The van der Waals surface area contributed by atoms with E-state index in [1.54, 1.807) is 0 Å². The molecule has 0 amide bonds. The first kappa shape index (κ1) is 14.1. The van der Waals surface area contributed by atoms with Crippen molar-refractivity contribution in [2.75, 3.05) is 0 Å². The van der Waals surface area contributed by atoms with Crippen molar-refractivity contribution in [3.05, 3.63) is 35.4 Å². The molecule has 1 fully saturated rings. The molecule has 3 nitrogen and oxygen atoms in total. The molecule has 19 heavy (non-hydrogen) atoms. The fourth-order valence-corrected chi connectivity index (χ4v) is 2.48. The van der Waals surface area contributed by atoms with Crippen molar-refractivity contribution in [1.82, 2.24) is 0 Å². The molecule has 0 aliphatic heterocycles. The van der Waals surface area contributed by atoms with E-state index >= 15 is 0 Å². The van der Waals surface area contributed by atoms with Gasteiger partial charge in [0.25, 0.3) is 0 Å². The molecule has 0 N–H and O–H groups in total. The molecule has 1 aliphatic carbocycles. The summed E-state index contributed by atoms with van der Waals surface area (Å²) in [6.07, 6.45) is 2.85. The van der Waals surface area contributed by atoms with Gasteiger partial charge in [0, 0.05) is 5.92 Å². The number of benzene rings is 1. The van der Waals surface area contributed by atoms with Gasteiger partial charge in [-0.15, -0.1) is 0 Å². The average Bonchev–Trinajstić information content (AvgIpc) is 3.14. The lowest BCUT2D eigenvalue weighted by Crippen LogP contribution is -2.25. The largest absolute Gasteiger partial charge is 0.591 e. The second kappa shape index (κ2) is 5.36. The van der Waals surface area contributed by atoms with Crippen molar-refractivity contribution in [3.63, 3.8) is 0 Å². The normalized spacial score (nSPS) is 24.2. The van der Waals surface area contributed by atoms with Crippen LogP contribution < -0.4 is 0 Å². The van der Waals surface area contributed by atoms with Gasteiger partial charge in [0.15, 0.2) is 0 Å². The Labute approximate surface area is 117 Å². The van der Waals surface area contributed by atoms with Crippen LogP contribution in [0.2, 0.25) is 0 Å². The first-order valence-corrected chi connectivity index (χ1v) is 7.49. The van der Waals surface area contributed by atoms with Gasteiger partial charge in [0.05, 0.1) is 17.8 Å². The number of nitrogens with zero attached hydrogens (tertiary/aromatic N) is 2. The van der Waals surface area contributed by atoms with Crippen LogP contribution in [-0.4, -0.2) is 15.5 Å². The van der Waals surface area contributed by atoms with E-state index in [1.165, 1.54) is 5.56 Å². The minimum atomic E-state index is -1.18. The van der Waals surface area contributed by atoms with Crippen LogP contribution >= 0.6 is 0 Å². The standard InChI is InChI=1S/C15H18N2OS/c1-15(2,3)19(18)17-10-13-8-14(13)12-6-4-5-11(7-12)9-16/h4-7,10,13-14H,8H2,1-3H3. The molecule has 0 spiro atoms. The SMILES string of the molecule is CC(C)(C)[S+]([O-])N=CC1CC1c1cccc(C#N)c1. The number of rotatable bonds is 3. The Bertz CT molecular complexity index is 528. The Morgan fingerprint density at radius 3 is 2.84 bits per heavy atom. The van der Waals surface area contributed by atoms with E-state index in [4.69, 9.17) is 5.26 Å². The van der Waals surface area contributed by atoms with Gasteiger partial charge in [0.1, 0.15) is 16.1 Å². The van der Waals surface area contributed by atoms with Crippen molar-refractivity contribution in [3.8, 4) is 6.07 Å². The van der Waals surface area contributed by atoms with Crippen molar-refractivity contribution in [2.24, 2.45) is 10.3 Å². The lowest BCUT2D eigenvalue weighted by Gasteiger charge is -2.17. The highest BCUT2D eigenvalue weighted by Crippen LogP contribution is 2.46. The van der Waals surface area contributed by atoms with Gasteiger partial charge in [0.2, 0.25) is 0 Å². The lowest BCUT2D eigenvalue weighted by molar-refractivity contribution is 0.561. The summed E-state index contributed by atoms with van der Waals surface area (Å²) < 4.78 is 15.7. The summed E-state index contributed by atoms with van der Waals surface area (Å²) in [5, 5.41) is 8.88. The van der Waals surface area contributed by atoms with E-state index < -0.39 is 11.4 Å². The van der Waals surface area contributed by atoms with Gasteiger partial charge in [-0.3, -0.25) is 0 Å². The van der Waals surface area contributed by atoms with E-state index in [0.717, 1.165) is 6.42 Å². The quantitative estimate of drug-likeness (QED) is 0.627. The number of hydrogen-bond donors (Lipinski definition) is 0. The van der Waals surface area contributed by atoms with Crippen LogP contribution in [0.15, 0.2) is 28.7 Å². The van der Waals surface area contributed by atoms with E-state index in [-0.39, 0.29) is 4.75 Å². The maximum atomic E-state index is 11.8. The first-order valence-electron chi connectivity index (χ1n) is 6.38. The highest BCUT2D eigenvalue weighted by Gasteiger charge is 2.38. The van der Waals surface area contributed by atoms with Gasteiger partial charge in [-0.25, -0.2) is 0 Å². The molecule has 1 aromatic carbocycles. The van der Waals surface area contributed by atoms with Crippen molar-refractivity contribution in [1.29, 1.82) is 5.26 Å². The number of hydrogen-bond acceptors (Lipinski definition) is 3. The molecule has 3 atom stereocenters. The van der Waals surface area contributed by atoms with E-state index in [9.17, 15) is 4.55 Å². The molecule has 3 unspecified atom stereocenters. The molecule has 0 bridgehead atoms. The average molecular weight is 274 g/mol. The van der Waals surface area contributed by atoms with Crippen molar-refractivity contribution >= 4 is 17.6 Å². The van der Waals surface area contributed by atoms with Crippen LogP contribution in [-0.2, 0) is 11.4 Å². The third-order valence-electron chi connectivity index (χ3n) is 3.16. The third kappa shape index (κ3) is 3.59. The van der Waals surface area contributed by atoms with Crippen LogP contribution in [0.4, 0.5) is 0 Å². The topological polar surface area (TPSA) is 59.2 Å². The van der Waals surface area contributed by atoms with Crippen molar-refractivity contribution < 1.29 is 4.55 Å². The van der Waals surface area contributed by atoms with Gasteiger partial charge in [-0.1, -0.05) is 16.5 Å². The highest BCUT2D eigenvalue weighted by molar-refractivity contribution is 7.91. The zero-order valence-electron chi connectivity index (χ0n) is 11.5. The van der Waals surface area contributed by atoms with Crippen molar-refractivity contribution in [2.45, 2.75) is 37.9 Å². The van der Waals surface area contributed by atoms with Crippen LogP contribution in [0.3, 0.4) is 0 Å². The first-order chi connectivity index (χ1) is 8.91. The predicted octanol–water partition coefficient (Wildman–Crippen LogP) is 3.19. The molecule has 0 radical (unpaired) electrons. The monoisotopic (exact) mass is 274 g/mol. The van der Waals surface area contributed by atoms with Gasteiger partial charge < -0.3 is 4.55 Å². The zero-order chi connectivity index (χ0) is 14.0. The van der Waals surface area contributed by atoms with E-state index in [0.29, 0.717) is 17.4 Å². The van der Waals surface area contributed by atoms with Crippen LogP contribution in [0, 0.1) is 17.2 Å². The Kier molecular flexibility index (Phi) is 3.98. The Morgan fingerprint density at radius 2 is 2.21 bits per heavy atom. The van der Waals surface area contributed by atoms with Gasteiger partial charge in [-0.2, -0.15) is 5.26 Å². The smallest absolute Gasteiger partial charge is 0.144 e. The van der Waals surface area contributed by atoms with Gasteiger partial charge in [-0.05, 0) is 50.8 Å². The fourth-order valence-electron chi connectivity index (χ4n) is 1.89. The molecule has 0 aromatic heterocycles. The molecular formula is C15H18N2OS. The lowest BCUT2D eigenvalue weighted by atomic mass is 10.1. The zero-order valence-corrected chi connectivity index (χ0v) is 12.3. The maximum Gasteiger partial charge on any atom is 0.144 e. The summed E-state index contributed by atoms with van der Waals surface area (Å²) in [4.78, 5) is 0. The Hall–Kier alpha value is -1.31. The summed E-state index contributed by atoms with van der Waals surface area (Å²) in [6.45, 7) is 5.75. The number of nitriles is 1. The van der Waals surface area contributed by atoms with Crippen LogP contribution in [0.1, 0.15) is 44.2 Å².